The van der Waals surface area contributed by atoms with E-state index < -0.39 is 0 Å². The summed E-state index contributed by atoms with van der Waals surface area (Å²) in [7, 11) is 1.93. The molecule has 0 spiro atoms. The maximum atomic E-state index is 4.48. The van der Waals surface area contributed by atoms with E-state index >= 15 is 0 Å². The normalized spacial score (nSPS) is 10.7. The molecule has 0 atom stereocenters. The zero-order chi connectivity index (χ0) is 11.5. The van der Waals surface area contributed by atoms with E-state index in [0.717, 1.165) is 22.8 Å². The van der Waals surface area contributed by atoms with E-state index in [1.165, 1.54) is 4.88 Å². The lowest BCUT2D eigenvalue weighted by Crippen LogP contribution is -2.04. The smallest absolute Gasteiger partial charge is 0.188 e. The standard InChI is InChI=1S/C11H14N4S/c1-7-4-13-10(14-5-7)11-15-8(2)9(16-11)6-12-3/h4-5,12H,6H2,1-3H3. The number of aryl methyl sites for hydroxylation is 2. The molecule has 0 aliphatic heterocycles. The van der Waals surface area contributed by atoms with Crippen molar-refractivity contribution in [1.29, 1.82) is 0 Å². The second-order valence-electron chi connectivity index (χ2n) is 3.64. The van der Waals surface area contributed by atoms with E-state index in [0.29, 0.717) is 5.82 Å². The minimum absolute atomic E-state index is 0.709. The summed E-state index contributed by atoms with van der Waals surface area (Å²) >= 11 is 1.64. The molecule has 2 aromatic rings. The minimum atomic E-state index is 0.709. The summed E-state index contributed by atoms with van der Waals surface area (Å²) in [5.74, 6) is 0.709. The van der Waals surface area contributed by atoms with Crippen molar-refractivity contribution in [2.75, 3.05) is 7.05 Å². The van der Waals surface area contributed by atoms with E-state index in [1.54, 1.807) is 11.3 Å². The molecule has 0 amide bonds. The van der Waals surface area contributed by atoms with Gasteiger partial charge in [-0.1, -0.05) is 0 Å². The SMILES string of the molecule is CNCc1sc(-c2ncc(C)cn2)nc1C. The van der Waals surface area contributed by atoms with Crippen LogP contribution in [0.15, 0.2) is 12.4 Å². The van der Waals surface area contributed by atoms with Crippen molar-refractivity contribution in [2.24, 2.45) is 0 Å². The Balaban J connectivity index is 2.33. The summed E-state index contributed by atoms with van der Waals surface area (Å²) in [6.45, 7) is 4.83. The van der Waals surface area contributed by atoms with Gasteiger partial charge in [0.15, 0.2) is 10.8 Å². The lowest BCUT2D eigenvalue weighted by atomic mass is 10.4. The Bertz CT molecular complexity index is 475. The largest absolute Gasteiger partial charge is 0.315 e. The molecule has 0 saturated carbocycles. The minimum Gasteiger partial charge on any atom is -0.315 e. The van der Waals surface area contributed by atoms with Crippen molar-refractivity contribution >= 4 is 11.3 Å². The fraction of sp³-hybridized carbons (Fsp3) is 0.364. The Labute approximate surface area is 98.8 Å². The molecule has 0 fully saturated rings. The van der Waals surface area contributed by atoms with Crippen LogP contribution in [0.3, 0.4) is 0 Å². The monoisotopic (exact) mass is 234 g/mol. The third-order valence-electron chi connectivity index (χ3n) is 2.20. The maximum Gasteiger partial charge on any atom is 0.188 e. The van der Waals surface area contributed by atoms with Crippen LogP contribution >= 0.6 is 11.3 Å². The molecule has 4 nitrogen and oxygen atoms in total. The molecule has 0 radical (unpaired) electrons. The van der Waals surface area contributed by atoms with Crippen LogP contribution in [-0.4, -0.2) is 22.0 Å². The predicted molar refractivity (Wildman–Crippen MR) is 65.4 cm³/mol. The Kier molecular flexibility index (Phi) is 3.26. The summed E-state index contributed by atoms with van der Waals surface area (Å²) < 4.78 is 0. The second-order valence-corrected chi connectivity index (χ2v) is 4.73. The maximum absolute atomic E-state index is 4.48. The molecule has 1 N–H and O–H groups in total. The van der Waals surface area contributed by atoms with Gasteiger partial charge in [0.05, 0.1) is 5.69 Å². The van der Waals surface area contributed by atoms with E-state index in [-0.39, 0.29) is 0 Å². The summed E-state index contributed by atoms with van der Waals surface area (Å²) in [5.41, 5.74) is 2.12. The molecular weight excluding hydrogens is 220 g/mol. The van der Waals surface area contributed by atoms with Crippen LogP contribution < -0.4 is 5.32 Å². The molecule has 0 bridgehead atoms. The highest BCUT2D eigenvalue weighted by Crippen LogP contribution is 2.24. The fourth-order valence-electron chi connectivity index (χ4n) is 1.35. The molecule has 5 heteroatoms. The first-order valence-corrected chi connectivity index (χ1v) is 5.92. The number of nitrogens with one attached hydrogen (secondary N) is 1. The third kappa shape index (κ3) is 2.25. The highest BCUT2D eigenvalue weighted by molar-refractivity contribution is 7.15. The molecule has 0 unspecified atom stereocenters. The van der Waals surface area contributed by atoms with E-state index in [2.05, 4.69) is 20.3 Å². The highest BCUT2D eigenvalue weighted by Gasteiger charge is 2.10. The fourth-order valence-corrected chi connectivity index (χ4v) is 2.37. The molecule has 84 valence electrons. The van der Waals surface area contributed by atoms with Gasteiger partial charge in [-0.05, 0) is 26.5 Å². The molecule has 2 aromatic heterocycles. The lowest BCUT2D eigenvalue weighted by Gasteiger charge is -1.94. The predicted octanol–water partition coefficient (Wildman–Crippen LogP) is 1.94. The number of hydrogen-bond acceptors (Lipinski definition) is 5. The number of hydrogen-bond donors (Lipinski definition) is 1. The van der Waals surface area contributed by atoms with Crippen molar-refractivity contribution in [3.05, 3.63) is 28.5 Å². The highest BCUT2D eigenvalue weighted by atomic mass is 32.1. The molecule has 0 aromatic carbocycles. The van der Waals surface area contributed by atoms with Crippen molar-refractivity contribution in [3.8, 4) is 10.8 Å². The molecule has 2 heterocycles. The van der Waals surface area contributed by atoms with Crippen LogP contribution in [-0.2, 0) is 6.54 Å². The van der Waals surface area contributed by atoms with Crippen LogP contribution in [0.4, 0.5) is 0 Å². The Morgan fingerprint density at radius 2 is 1.94 bits per heavy atom. The number of nitrogens with zero attached hydrogens (tertiary/aromatic N) is 3. The molecule has 16 heavy (non-hydrogen) atoms. The van der Waals surface area contributed by atoms with E-state index in [1.807, 2.05) is 33.3 Å². The van der Waals surface area contributed by atoms with Gasteiger partial charge < -0.3 is 5.32 Å². The van der Waals surface area contributed by atoms with Gasteiger partial charge in [-0.25, -0.2) is 15.0 Å². The Hall–Kier alpha value is -1.33. The van der Waals surface area contributed by atoms with Crippen molar-refractivity contribution in [2.45, 2.75) is 20.4 Å². The number of thiazole rings is 1. The summed E-state index contributed by atoms with van der Waals surface area (Å²) in [6, 6.07) is 0. The zero-order valence-corrected chi connectivity index (χ0v) is 10.4. The summed E-state index contributed by atoms with van der Waals surface area (Å²) in [5, 5.41) is 4.02. The van der Waals surface area contributed by atoms with Crippen LogP contribution in [0.1, 0.15) is 16.1 Å². The van der Waals surface area contributed by atoms with Gasteiger partial charge in [0.1, 0.15) is 0 Å². The van der Waals surface area contributed by atoms with Crippen LogP contribution in [0.25, 0.3) is 10.8 Å². The van der Waals surface area contributed by atoms with E-state index in [4.69, 9.17) is 0 Å². The Morgan fingerprint density at radius 3 is 2.56 bits per heavy atom. The topological polar surface area (TPSA) is 50.7 Å². The molecule has 0 saturated heterocycles. The summed E-state index contributed by atoms with van der Waals surface area (Å²) in [4.78, 5) is 14.3. The van der Waals surface area contributed by atoms with Crippen LogP contribution in [0, 0.1) is 13.8 Å². The van der Waals surface area contributed by atoms with Gasteiger partial charge in [-0.2, -0.15) is 0 Å². The van der Waals surface area contributed by atoms with Crippen LogP contribution in [0.2, 0.25) is 0 Å². The van der Waals surface area contributed by atoms with Gasteiger partial charge >= 0.3 is 0 Å². The van der Waals surface area contributed by atoms with E-state index in [9.17, 15) is 0 Å². The van der Waals surface area contributed by atoms with Crippen molar-refractivity contribution in [1.82, 2.24) is 20.3 Å². The van der Waals surface area contributed by atoms with Gasteiger partial charge in [-0.15, -0.1) is 11.3 Å². The average Bonchev–Trinajstić information content (AvgIpc) is 2.62. The molecule has 2 rings (SSSR count). The quantitative estimate of drug-likeness (QED) is 0.881. The molecular formula is C11H14N4S. The van der Waals surface area contributed by atoms with Crippen molar-refractivity contribution < 1.29 is 0 Å². The molecule has 0 aliphatic rings. The van der Waals surface area contributed by atoms with Crippen LogP contribution in [0.5, 0.6) is 0 Å². The third-order valence-corrected chi connectivity index (χ3v) is 3.36. The first kappa shape index (κ1) is 11.2. The van der Waals surface area contributed by atoms with Gasteiger partial charge in [0.2, 0.25) is 0 Å². The van der Waals surface area contributed by atoms with Gasteiger partial charge in [0.25, 0.3) is 0 Å². The molecule has 0 aliphatic carbocycles. The first-order valence-electron chi connectivity index (χ1n) is 5.10. The Morgan fingerprint density at radius 1 is 1.25 bits per heavy atom. The lowest BCUT2D eigenvalue weighted by molar-refractivity contribution is 0.823. The number of rotatable bonds is 3. The van der Waals surface area contributed by atoms with Crippen molar-refractivity contribution in [3.63, 3.8) is 0 Å². The van der Waals surface area contributed by atoms with Gasteiger partial charge in [0, 0.05) is 23.8 Å². The zero-order valence-electron chi connectivity index (χ0n) is 9.61. The summed E-state index contributed by atoms with van der Waals surface area (Å²) in [6.07, 6.45) is 3.63. The second kappa shape index (κ2) is 4.67. The first-order chi connectivity index (χ1) is 7.70. The van der Waals surface area contributed by atoms with Gasteiger partial charge in [-0.3, -0.25) is 0 Å². The average molecular weight is 234 g/mol. The number of aromatic nitrogens is 3.